The summed E-state index contributed by atoms with van der Waals surface area (Å²) in [5.74, 6) is 3.42. The van der Waals surface area contributed by atoms with Crippen molar-refractivity contribution in [1.29, 1.82) is 0 Å². The van der Waals surface area contributed by atoms with E-state index in [0.29, 0.717) is 23.0 Å². The van der Waals surface area contributed by atoms with E-state index in [2.05, 4.69) is 33.4 Å². The van der Waals surface area contributed by atoms with E-state index in [1.54, 1.807) is 0 Å². The Hall–Kier alpha value is -1.63. The highest BCUT2D eigenvalue weighted by Gasteiger charge is 2.22. The first-order valence-corrected chi connectivity index (χ1v) is 12.5. The van der Waals surface area contributed by atoms with Gasteiger partial charge in [0.1, 0.15) is 11.6 Å². The fourth-order valence-electron chi connectivity index (χ4n) is 5.07. The molecule has 1 aliphatic carbocycles. The normalized spacial score (nSPS) is 23.7. The van der Waals surface area contributed by atoms with Crippen LogP contribution in [0.15, 0.2) is 6.07 Å². The summed E-state index contributed by atoms with van der Waals surface area (Å²) in [5.41, 5.74) is 0. The predicted octanol–water partition coefficient (Wildman–Crippen LogP) is 4.71. The molecular weight excluding hydrogens is 392 g/mol. The minimum absolute atomic E-state index is 0.472. The molecule has 0 unspecified atom stereocenters. The quantitative estimate of drug-likeness (QED) is 0.530. The number of anilines is 3. The van der Waals surface area contributed by atoms with Crippen LogP contribution in [0.2, 0.25) is 0 Å². The van der Waals surface area contributed by atoms with E-state index in [-0.39, 0.29) is 0 Å². The third-order valence-corrected chi connectivity index (χ3v) is 7.00. The van der Waals surface area contributed by atoms with Gasteiger partial charge in [0.2, 0.25) is 5.95 Å². The Labute approximate surface area is 187 Å². The van der Waals surface area contributed by atoms with Gasteiger partial charge >= 0.3 is 0 Å². The first-order valence-electron chi connectivity index (χ1n) is 12.1. The second-order valence-electron chi connectivity index (χ2n) is 9.44. The van der Waals surface area contributed by atoms with Crippen molar-refractivity contribution in [3.05, 3.63) is 6.07 Å². The van der Waals surface area contributed by atoms with Crippen molar-refractivity contribution in [3.63, 3.8) is 0 Å². The summed E-state index contributed by atoms with van der Waals surface area (Å²) in [7, 11) is 0. The molecule has 0 spiro atoms. The molecule has 1 atom stereocenters. The van der Waals surface area contributed by atoms with Gasteiger partial charge in [-0.1, -0.05) is 32.6 Å². The lowest BCUT2D eigenvalue weighted by molar-refractivity contribution is 0.444. The molecule has 0 aromatic carbocycles. The highest BCUT2D eigenvalue weighted by atomic mass is 32.1. The number of aromatic nitrogens is 2. The number of rotatable bonds is 4. The summed E-state index contributed by atoms with van der Waals surface area (Å²) in [6.07, 6.45) is 14.0. The lowest BCUT2D eigenvalue weighted by Crippen LogP contribution is -2.39. The van der Waals surface area contributed by atoms with E-state index in [4.69, 9.17) is 22.2 Å². The Morgan fingerprint density at radius 2 is 1.50 bits per heavy atom. The molecule has 1 aromatic heterocycles. The fourth-order valence-corrected chi connectivity index (χ4v) is 5.33. The van der Waals surface area contributed by atoms with Crippen molar-refractivity contribution in [2.75, 3.05) is 41.3 Å². The third-order valence-electron chi connectivity index (χ3n) is 6.78. The maximum absolute atomic E-state index is 5.65. The Morgan fingerprint density at radius 3 is 2.20 bits per heavy atom. The number of nitrogens with one attached hydrogen (secondary N) is 2. The van der Waals surface area contributed by atoms with Crippen molar-refractivity contribution in [1.82, 2.24) is 15.3 Å². The van der Waals surface area contributed by atoms with E-state index < -0.39 is 0 Å². The van der Waals surface area contributed by atoms with Crippen LogP contribution in [0.5, 0.6) is 0 Å². The second kappa shape index (κ2) is 10.6. The van der Waals surface area contributed by atoms with E-state index in [1.807, 2.05) is 0 Å². The number of hydrogen-bond acceptors (Lipinski definition) is 5. The van der Waals surface area contributed by atoms with E-state index in [1.165, 1.54) is 70.6 Å². The van der Waals surface area contributed by atoms with Gasteiger partial charge in [0, 0.05) is 38.3 Å². The van der Waals surface area contributed by atoms with Gasteiger partial charge in [-0.05, 0) is 63.1 Å². The minimum atomic E-state index is 0.472. The largest absolute Gasteiger partial charge is 0.360 e. The highest BCUT2D eigenvalue weighted by Crippen LogP contribution is 2.27. The fraction of sp³-hybridized carbons (Fsp3) is 0.783. The molecule has 1 saturated carbocycles. The van der Waals surface area contributed by atoms with Crippen LogP contribution in [0.25, 0.3) is 0 Å². The topological polar surface area (TPSA) is 56.3 Å². The Bertz CT molecular complexity index is 697. The molecule has 2 N–H and O–H groups in total. The molecule has 6 nitrogen and oxygen atoms in total. The molecule has 30 heavy (non-hydrogen) atoms. The van der Waals surface area contributed by atoms with Gasteiger partial charge < -0.3 is 20.4 Å². The first kappa shape index (κ1) is 21.6. The standard InChI is InChI=1S/C23H38N6S/c1-18-10-9-15-29(17-18)21-16-20(28-13-7-4-8-14-28)25-22(26-21)27-23(30)24-19-11-5-2-3-6-12-19/h16,18-19H,2-15,17H2,1H3,(H2,24,25,26,27,30)/t18-/m1/s1. The van der Waals surface area contributed by atoms with Crippen molar-refractivity contribution < 1.29 is 0 Å². The van der Waals surface area contributed by atoms with Gasteiger partial charge in [-0.2, -0.15) is 9.97 Å². The number of thiocarbonyl (C=S) groups is 1. The lowest BCUT2D eigenvalue weighted by atomic mass is 10.0. The number of piperidine rings is 2. The van der Waals surface area contributed by atoms with Crippen LogP contribution in [0, 0.1) is 5.92 Å². The zero-order chi connectivity index (χ0) is 20.8. The molecule has 7 heteroatoms. The summed E-state index contributed by atoms with van der Waals surface area (Å²) < 4.78 is 0. The molecule has 0 bridgehead atoms. The maximum Gasteiger partial charge on any atom is 0.232 e. The van der Waals surface area contributed by atoms with Gasteiger partial charge in [-0.3, -0.25) is 0 Å². The van der Waals surface area contributed by atoms with Crippen molar-refractivity contribution in [2.24, 2.45) is 5.92 Å². The molecule has 0 amide bonds. The Morgan fingerprint density at radius 1 is 0.867 bits per heavy atom. The highest BCUT2D eigenvalue weighted by molar-refractivity contribution is 7.80. The van der Waals surface area contributed by atoms with Gasteiger partial charge in [0.25, 0.3) is 0 Å². The van der Waals surface area contributed by atoms with Gasteiger partial charge in [0.05, 0.1) is 0 Å². The SMILES string of the molecule is C[C@@H]1CCCN(c2cc(N3CCCCC3)nc(NC(=S)NC3CCCCCC3)n2)C1. The summed E-state index contributed by atoms with van der Waals surface area (Å²) >= 11 is 5.65. The minimum Gasteiger partial charge on any atom is -0.360 e. The molecule has 3 aliphatic rings. The molecule has 4 rings (SSSR count). The van der Waals surface area contributed by atoms with E-state index >= 15 is 0 Å². The van der Waals surface area contributed by atoms with Crippen molar-refractivity contribution in [2.45, 2.75) is 83.6 Å². The van der Waals surface area contributed by atoms with Crippen LogP contribution in [0.1, 0.15) is 77.6 Å². The molecule has 2 aliphatic heterocycles. The van der Waals surface area contributed by atoms with Crippen LogP contribution in [-0.2, 0) is 0 Å². The molecule has 3 fully saturated rings. The van der Waals surface area contributed by atoms with E-state index in [0.717, 1.165) is 37.8 Å². The summed E-state index contributed by atoms with van der Waals surface area (Å²) in [5, 5.41) is 7.51. The van der Waals surface area contributed by atoms with Crippen LogP contribution < -0.4 is 20.4 Å². The van der Waals surface area contributed by atoms with Gasteiger partial charge in [-0.15, -0.1) is 0 Å². The second-order valence-corrected chi connectivity index (χ2v) is 9.84. The van der Waals surface area contributed by atoms with Gasteiger partial charge in [-0.25, -0.2) is 0 Å². The predicted molar refractivity (Wildman–Crippen MR) is 130 cm³/mol. The molecular formula is C23H38N6S. The van der Waals surface area contributed by atoms with Crippen LogP contribution in [0.4, 0.5) is 17.6 Å². The third kappa shape index (κ3) is 5.96. The summed E-state index contributed by atoms with van der Waals surface area (Å²) in [4.78, 5) is 14.6. The van der Waals surface area contributed by atoms with Crippen LogP contribution in [0.3, 0.4) is 0 Å². The van der Waals surface area contributed by atoms with Crippen molar-refractivity contribution in [3.8, 4) is 0 Å². The molecule has 2 saturated heterocycles. The van der Waals surface area contributed by atoms with Crippen LogP contribution >= 0.6 is 12.2 Å². The average molecular weight is 431 g/mol. The van der Waals surface area contributed by atoms with Crippen LogP contribution in [-0.4, -0.2) is 47.3 Å². The summed E-state index contributed by atoms with van der Waals surface area (Å²) in [6.45, 7) is 6.64. The lowest BCUT2D eigenvalue weighted by Gasteiger charge is -2.33. The molecule has 0 radical (unpaired) electrons. The first-order chi connectivity index (χ1) is 14.7. The number of nitrogens with zero attached hydrogens (tertiary/aromatic N) is 4. The smallest absolute Gasteiger partial charge is 0.232 e. The molecule has 3 heterocycles. The molecule has 166 valence electrons. The molecule has 1 aromatic rings. The zero-order valence-corrected chi connectivity index (χ0v) is 19.4. The Kier molecular flexibility index (Phi) is 7.63. The van der Waals surface area contributed by atoms with Gasteiger partial charge in [0.15, 0.2) is 5.11 Å². The average Bonchev–Trinajstić information content (AvgIpc) is 3.03. The monoisotopic (exact) mass is 430 g/mol. The maximum atomic E-state index is 5.65. The summed E-state index contributed by atoms with van der Waals surface area (Å²) in [6, 6.07) is 2.66. The number of hydrogen-bond donors (Lipinski definition) is 2. The zero-order valence-electron chi connectivity index (χ0n) is 18.5. The van der Waals surface area contributed by atoms with Crippen molar-refractivity contribution >= 4 is 34.9 Å². The van der Waals surface area contributed by atoms with E-state index in [9.17, 15) is 0 Å². The Balaban J connectivity index is 1.49.